The molecule has 44 heavy (non-hydrogen) atoms. The predicted octanol–water partition coefficient (Wildman–Crippen LogP) is 6.31. The van der Waals surface area contributed by atoms with Crippen LogP contribution >= 0.6 is 22.9 Å². The highest BCUT2D eigenvalue weighted by molar-refractivity contribution is 7.07. The van der Waals surface area contributed by atoms with Crippen molar-refractivity contribution in [1.82, 2.24) is 4.57 Å². The van der Waals surface area contributed by atoms with Gasteiger partial charge in [-0.2, -0.15) is 0 Å². The maximum atomic E-state index is 14.1. The van der Waals surface area contributed by atoms with E-state index in [4.69, 9.17) is 26.1 Å². The number of benzene rings is 4. The molecule has 0 unspecified atom stereocenters. The first kappa shape index (κ1) is 29.3. The van der Waals surface area contributed by atoms with Gasteiger partial charge in [-0.25, -0.2) is 14.2 Å². The van der Waals surface area contributed by atoms with Crippen LogP contribution in [-0.2, 0) is 16.1 Å². The largest absolute Gasteiger partial charge is 0.489 e. The highest BCUT2D eigenvalue weighted by Gasteiger charge is 2.35. The zero-order chi connectivity index (χ0) is 30.6. The SMILES string of the molecule is CCOC(=O)C1=C(c2ccccc2)N=c2s/c(=C\c3cccc(OCc4ccccc4F)c3)c(=O)n2[C@@H]1c1ccc(Cl)cc1. The van der Waals surface area contributed by atoms with Crippen LogP contribution in [0.15, 0.2) is 118 Å². The van der Waals surface area contributed by atoms with E-state index in [0.29, 0.717) is 36.9 Å². The van der Waals surface area contributed by atoms with E-state index in [1.54, 1.807) is 67.6 Å². The summed E-state index contributed by atoms with van der Waals surface area (Å²) in [5.74, 6) is -0.356. The second-order valence-electron chi connectivity index (χ2n) is 9.94. The van der Waals surface area contributed by atoms with E-state index in [0.717, 1.165) is 11.1 Å². The summed E-state index contributed by atoms with van der Waals surface area (Å²) in [5, 5.41) is 0.531. The molecular formula is C35H26ClFN2O4S. The Kier molecular flexibility index (Phi) is 8.54. The van der Waals surface area contributed by atoms with Gasteiger partial charge in [0.2, 0.25) is 0 Å². The molecule has 4 aromatic carbocycles. The van der Waals surface area contributed by atoms with Crippen molar-refractivity contribution in [2.45, 2.75) is 19.6 Å². The summed E-state index contributed by atoms with van der Waals surface area (Å²) in [6, 6.07) is 29.3. The third-order valence-corrected chi connectivity index (χ3v) is 8.30. The molecule has 0 N–H and O–H groups in total. The molecule has 1 aliphatic heterocycles. The van der Waals surface area contributed by atoms with Gasteiger partial charge in [0.15, 0.2) is 4.80 Å². The monoisotopic (exact) mass is 624 g/mol. The summed E-state index contributed by atoms with van der Waals surface area (Å²) in [4.78, 5) is 32.9. The zero-order valence-corrected chi connectivity index (χ0v) is 25.1. The quantitative estimate of drug-likeness (QED) is 0.190. The van der Waals surface area contributed by atoms with Crippen molar-refractivity contribution in [3.8, 4) is 5.75 Å². The minimum atomic E-state index is -0.796. The van der Waals surface area contributed by atoms with Gasteiger partial charge in [-0.3, -0.25) is 9.36 Å². The number of thiazole rings is 1. The number of halogens is 2. The Morgan fingerprint density at radius 2 is 1.75 bits per heavy atom. The number of rotatable bonds is 8. The number of ether oxygens (including phenoxy) is 2. The highest BCUT2D eigenvalue weighted by Crippen LogP contribution is 2.35. The summed E-state index contributed by atoms with van der Waals surface area (Å²) >= 11 is 7.43. The smallest absolute Gasteiger partial charge is 0.338 e. The lowest BCUT2D eigenvalue weighted by Gasteiger charge is -2.25. The Balaban J connectivity index is 1.48. The molecule has 6 nitrogen and oxygen atoms in total. The van der Waals surface area contributed by atoms with E-state index >= 15 is 0 Å². The van der Waals surface area contributed by atoms with Crippen molar-refractivity contribution in [3.05, 3.63) is 161 Å². The molecule has 0 saturated carbocycles. The molecule has 220 valence electrons. The Hall–Kier alpha value is -4.79. The molecule has 6 rings (SSSR count). The van der Waals surface area contributed by atoms with Gasteiger partial charge in [-0.05, 0) is 54.5 Å². The van der Waals surface area contributed by atoms with Gasteiger partial charge >= 0.3 is 5.97 Å². The maximum absolute atomic E-state index is 14.1. The fraction of sp³-hybridized carbons (Fsp3) is 0.114. The minimum Gasteiger partial charge on any atom is -0.489 e. The molecule has 0 fully saturated rings. The van der Waals surface area contributed by atoms with Crippen LogP contribution in [0.5, 0.6) is 5.75 Å². The third kappa shape index (κ3) is 6.00. The van der Waals surface area contributed by atoms with Crippen molar-refractivity contribution in [2.75, 3.05) is 6.61 Å². The number of carbonyl (C=O) groups is 1. The Bertz CT molecular complexity index is 2050. The van der Waals surface area contributed by atoms with Crippen LogP contribution in [0, 0.1) is 5.82 Å². The van der Waals surface area contributed by atoms with Gasteiger partial charge in [0.05, 0.1) is 28.5 Å². The fourth-order valence-electron chi connectivity index (χ4n) is 5.02. The molecule has 0 spiro atoms. The molecule has 0 saturated heterocycles. The number of aromatic nitrogens is 1. The van der Waals surface area contributed by atoms with Crippen LogP contribution in [0.25, 0.3) is 11.8 Å². The zero-order valence-electron chi connectivity index (χ0n) is 23.6. The topological polar surface area (TPSA) is 69.9 Å². The molecular weight excluding hydrogens is 599 g/mol. The first-order valence-corrected chi connectivity index (χ1v) is 15.1. The highest BCUT2D eigenvalue weighted by atomic mass is 35.5. The molecule has 1 atom stereocenters. The van der Waals surface area contributed by atoms with Crippen LogP contribution in [-0.4, -0.2) is 17.1 Å². The second-order valence-corrected chi connectivity index (χ2v) is 11.4. The van der Waals surface area contributed by atoms with Gasteiger partial charge < -0.3 is 9.47 Å². The lowest BCUT2D eigenvalue weighted by Crippen LogP contribution is -2.40. The summed E-state index contributed by atoms with van der Waals surface area (Å²) in [6.07, 6.45) is 1.76. The van der Waals surface area contributed by atoms with Gasteiger partial charge in [-0.1, -0.05) is 95.7 Å². The molecule has 0 aliphatic carbocycles. The van der Waals surface area contributed by atoms with Crippen molar-refractivity contribution in [3.63, 3.8) is 0 Å². The van der Waals surface area contributed by atoms with E-state index in [9.17, 15) is 14.0 Å². The number of fused-ring (bicyclic) bond motifs is 1. The molecule has 1 aliphatic rings. The van der Waals surface area contributed by atoms with Crippen LogP contribution in [0.1, 0.15) is 35.2 Å². The third-order valence-electron chi connectivity index (χ3n) is 7.07. The molecule has 1 aromatic heterocycles. The van der Waals surface area contributed by atoms with Crippen LogP contribution in [0.4, 0.5) is 4.39 Å². The van der Waals surface area contributed by atoms with Crippen molar-refractivity contribution >= 4 is 40.7 Å². The van der Waals surface area contributed by atoms with Crippen molar-refractivity contribution in [1.29, 1.82) is 0 Å². The predicted molar refractivity (Wildman–Crippen MR) is 170 cm³/mol. The van der Waals surface area contributed by atoms with Crippen molar-refractivity contribution < 1.29 is 18.7 Å². The Labute approximate surface area is 261 Å². The van der Waals surface area contributed by atoms with Crippen LogP contribution < -0.4 is 19.6 Å². The number of nitrogens with zero attached hydrogens (tertiary/aromatic N) is 2. The Morgan fingerprint density at radius 3 is 2.50 bits per heavy atom. The van der Waals surface area contributed by atoms with Gasteiger partial charge in [0.25, 0.3) is 5.56 Å². The van der Waals surface area contributed by atoms with Gasteiger partial charge in [0.1, 0.15) is 18.2 Å². The number of esters is 1. The van der Waals surface area contributed by atoms with E-state index in [-0.39, 0.29) is 30.2 Å². The molecule has 0 amide bonds. The number of hydrogen-bond acceptors (Lipinski definition) is 6. The summed E-state index contributed by atoms with van der Waals surface area (Å²) in [7, 11) is 0. The fourth-order valence-corrected chi connectivity index (χ4v) is 6.15. The molecule has 5 aromatic rings. The summed E-state index contributed by atoms with van der Waals surface area (Å²) < 4.78 is 27.4. The first-order chi connectivity index (χ1) is 21.4. The molecule has 0 bridgehead atoms. The number of carbonyl (C=O) groups excluding carboxylic acids is 1. The van der Waals surface area contributed by atoms with Gasteiger partial charge in [0, 0.05) is 16.1 Å². The normalized spacial score (nSPS) is 14.6. The van der Waals surface area contributed by atoms with E-state index in [1.807, 2.05) is 42.5 Å². The van der Waals surface area contributed by atoms with Crippen LogP contribution in [0.3, 0.4) is 0 Å². The molecule has 2 heterocycles. The minimum absolute atomic E-state index is 0.0678. The lowest BCUT2D eigenvalue weighted by molar-refractivity contribution is -0.138. The maximum Gasteiger partial charge on any atom is 0.338 e. The Morgan fingerprint density at radius 1 is 1.00 bits per heavy atom. The standard InChI is InChI=1S/C35H26ClFN2O4S/c1-2-42-34(41)30-31(23-10-4-3-5-11-23)38-35-39(32(30)24-15-17-26(36)18-16-24)33(40)29(44-35)20-22-9-8-13-27(19-22)43-21-25-12-6-7-14-28(25)37/h3-20,32H,2,21H2,1H3/b29-20-/t32-/m1/s1. The van der Waals surface area contributed by atoms with Crippen LogP contribution in [0.2, 0.25) is 5.02 Å². The summed E-state index contributed by atoms with van der Waals surface area (Å²) in [6.45, 7) is 1.97. The van der Waals surface area contributed by atoms with E-state index in [2.05, 4.69) is 0 Å². The average molecular weight is 625 g/mol. The van der Waals surface area contributed by atoms with Crippen molar-refractivity contribution in [2.24, 2.45) is 4.99 Å². The van der Waals surface area contributed by atoms with E-state index < -0.39 is 12.0 Å². The second kappa shape index (κ2) is 12.8. The average Bonchev–Trinajstić information content (AvgIpc) is 3.35. The molecule has 9 heteroatoms. The van der Waals surface area contributed by atoms with E-state index in [1.165, 1.54) is 22.0 Å². The van der Waals surface area contributed by atoms with Gasteiger partial charge in [-0.15, -0.1) is 0 Å². The summed E-state index contributed by atoms with van der Waals surface area (Å²) in [5.41, 5.74) is 2.99. The lowest BCUT2D eigenvalue weighted by atomic mass is 9.93. The number of hydrogen-bond donors (Lipinski definition) is 0. The first-order valence-electron chi connectivity index (χ1n) is 13.9. The molecule has 0 radical (unpaired) electrons.